The van der Waals surface area contributed by atoms with Gasteiger partial charge >= 0.3 is 5.97 Å². The predicted octanol–water partition coefficient (Wildman–Crippen LogP) is 3.73. The average Bonchev–Trinajstić information content (AvgIpc) is 3.25. The first-order chi connectivity index (χ1) is 14.9. The number of carboxylic acid groups (broad SMARTS) is 1. The highest BCUT2D eigenvalue weighted by atomic mass is 32.1. The van der Waals surface area contributed by atoms with Crippen LogP contribution in [0.3, 0.4) is 0 Å². The van der Waals surface area contributed by atoms with E-state index in [1.165, 1.54) is 0 Å². The van der Waals surface area contributed by atoms with Gasteiger partial charge in [-0.25, -0.2) is 4.79 Å². The molecule has 0 radical (unpaired) electrons. The Kier molecular flexibility index (Phi) is 4.16. The first-order valence-electron chi connectivity index (χ1n) is 9.61. The van der Waals surface area contributed by atoms with Crippen LogP contribution in [-0.4, -0.2) is 37.0 Å². The van der Waals surface area contributed by atoms with Crippen LogP contribution in [0.4, 0.5) is 11.4 Å². The summed E-state index contributed by atoms with van der Waals surface area (Å²) in [4.78, 5) is 40.8. The number of nitrogens with zero attached hydrogens (tertiary/aromatic N) is 1. The van der Waals surface area contributed by atoms with E-state index in [4.69, 9.17) is 4.74 Å². The second-order valence-corrected chi connectivity index (χ2v) is 8.58. The second kappa shape index (κ2) is 6.68. The molecule has 3 heterocycles. The van der Waals surface area contributed by atoms with E-state index in [0.717, 1.165) is 22.6 Å². The fourth-order valence-corrected chi connectivity index (χ4v) is 5.88. The maximum Gasteiger partial charge on any atom is 0.346 e. The van der Waals surface area contributed by atoms with Crippen molar-refractivity contribution in [3.05, 3.63) is 63.8 Å². The van der Waals surface area contributed by atoms with Crippen LogP contribution < -0.4 is 15.0 Å². The minimum Gasteiger partial charge on any atom is -0.497 e. The predicted molar refractivity (Wildman–Crippen MR) is 117 cm³/mol. The topological polar surface area (TPSA) is 95.9 Å². The lowest BCUT2D eigenvalue weighted by atomic mass is 9.74. The van der Waals surface area contributed by atoms with Crippen molar-refractivity contribution in [1.29, 1.82) is 0 Å². The number of nitrogens with one attached hydrogen (secondary N) is 1. The minimum atomic E-state index is -1.23. The lowest BCUT2D eigenvalue weighted by Crippen LogP contribution is -2.45. The van der Waals surface area contributed by atoms with Gasteiger partial charge in [0.1, 0.15) is 16.0 Å². The van der Waals surface area contributed by atoms with Gasteiger partial charge in [0.2, 0.25) is 11.8 Å². The number of fused-ring (bicyclic) bond motifs is 4. The van der Waals surface area contributed by atoms with Gasteiger partial charge in [-0.2, -0.15) is 0 Å². The van der Waals surface area contributed by atoms with Crippen molar-refractivity contribution in [3.63, 3.8) is 0 Å². The van der Waals surface area contributed by atoms with Crippen molar-refractivity contribution in [2.24, 2.45) is 0 Å². The molecule has 0 fully saturated rings. The number of thiophene rings is 1. The number of aromatic carboxylic acids is 1. The van der Waals surface area contributed by atoms with Crippen LogP contribution in [0.1, 0.15) is 26.5 Å². The monoisotopic (exact) mass is 434 g/mol. The molecule has 1 aromatic heterocycles. The molecule has 1 atom stereocenters. The molecule has 8 heteroatoms. The zero-order valence-electron chi connectivity index (χ0n) is 16.8. The average molecular weight is 434 g/mol. The van der Waals surface area contributed by atoms with E-state index in [-0.39, 0.29) is 23.1 Å². The molecule has 0 aliphatic carbocycles. The number of methoxy groups -OCH3 is 1. The highest BCUT2D eigenvalue weighted by Gasteiger charge is 2.57. The van der Waals surface area contributed by atoms with Crippen LogP contribution in [0.15, 0.2) is 48.5 Å². The van der Waals surface area contributed by atoms with Crippen LogP contribution in [0.25, 0.3) is 11.1 Å². The number of benzene rings is 2. The standard InChI is InChI=1S/C23H18N2O5S/c1-25-15-6-4-3-5-14(15)23(22(25)29)11-16(26)24-18-17(19(21(27)28)31-20(18)23)12-7-9-13(30-2)10-8-12/h3-10H,11H2,1-2H3,(H,24,26)(H,27,28)/t23-/m0/s1. The van der Waals surface area contributed by atoms with Gasteiger partial charge in [-0.1, -0.05) is 30.3 Å². The third kappa shape index (κ3) is 2.55. The van der Waals surface area contributed by atoms with Gasteiger partial charge in [-0.05, 0) is 29.3 Å². The van der Waals surface area contributed by atoms with E-state index in [1.54, 1.807) is 43.3 Å². The molecule has 0 saturated heterocycles. The number of para-hydroxylation sites is 1. The maximum absolute atomic E-state index is 13.5. The SMILES string of the molecule is COc1ccc(-c2c(C(=O)O)sc3c2NC(=O)C[C@@]32C(=O)N(C)c3ccccc32)cc1. The summed E-state index contributed by atoms with van der Waals surface area (Å²) in [6, 6.07) is 14.3. The van der Waals surface area contributed by atoms with Crippen LogP contribution in [-0.2, 0) is 15.0 Å². The van der Waals surface area contributed by atoms with E-state index in [1.807, 2.05) is 24.3 Å². The molecule has 31 heavy (non-hydrogen) atoms. The van der Waals surface area contributed by atoms with Gasteiger partial charge in [0, 0.05) is 18.3 Å². The first-order valence-corrected chi connectivity index (χ1v) is 10.4. The molecular formula is C23H18N2O5S. The Morgan fingerprint density at radius 3 is 2.55 bits per heavy atom. The molecular weight excluding hydrogens is 416 g/mol. The number of anilines is 2. The van der Waals surface area contributed by atoms with E-state index < -0.39 is 11.4 Å². The van der Waals surface area contributed by atoms with Gasteiger partial charge in [-0.3, -0.25) is 9.59 Å². The summed E-state index contributed by atoms with van der Waals surface area (Å²) < 4.78 is 5.20. The second-order valence-electron chi connectivity index (χ2n) is 7.56. The summed E-state index contributed by atoms with van der Waals surface area (Å²) in [7, 11) is 3.23. The van der Waals surface area contributed by atoms with E-state index in [2.05, 4.69) is 5.32 Å². The maximum atomic E-state index is 13.5. The molecule has 1 spiro atoms. The van der Waals surface area contributed by atoms with Crippen LogP contribution in [0, 0.1) is 0 Å². The van der Waals surface area contributed by atoms with E-state index in [9.17, 15) is 19.5 Å². The summed E-state index contributed by atoms with van der Waals surface area (Å²) in [6.45, 7) is 0. The van der Waals surface area contributed by atoms with Crippen molar-refractivity contribution in [2.75, 3.05) is 24.4 Å². The number of likely N-dealkylation sites (N-methyl/N-ethyl adjacent to an activating group) is 1. The van der Waals surface area contributed by atoms with Crippen molar-refractivity contribution in [2.45, 2.75) is 11.8 Å². The Hall–Kier alpha value is -3.65. The van der Waals surface area contributed by atoms with Gasteiger partial charge < -0.3 is 20.1 Å². The molecule has 2 amide bonds. The Balaban J connectivity index is 1.82. The molecule has 2 N–H and O–H groups in total. The zero-order valence-corrected chi connectivity index (χ0v) is 17.6. The van der Waals surface area contributed by atoms with Gasteiger partial charge in [0.25, 0.3) is 0 Å². The third-order valence-electron chi connectivity index (χ3n) is 5.95. The number of carbonyl (C=O) groups excluding carboxylic acids is 2. The molecule has 2 aliphatic rings. The fraction of sp³-hybridized carbons (Fsp3) is 0.174. The number of ether oxygens (including phenoxy) is 1. The van der Waals surface area contributed by atoms with Gasteiger partial charge in [-0.15, -0.1) is 11.3 Å². The molecule has 0 saturated carbocycles. The lowest BCUT2D eigenvalue weighted by Gasteiger charge is -2.32. The zero-order chi connectivity index (χ0) is 21.9. The molecule has 2 aliphatic heterocycles. The largest absolute Gasteiger partial charge is 0.497 e. The normalized spacial score (nSPS) is 19.2. The summed E-state index contributed by atoms with van der Waals surface area (Å²) in [5.41, 5.74) is 1.63. The third-order valence-corrected chi connectivity index (χ3v) is 7.29. The summed E-state index contributed by atoms with van der Waals surface area (Å²) in [5.74, 6) is -1.03. The molecule has 0 bridgehead atoms. The number of hydrogen-bond acceptors (Lipinski definition) is 5. The van der Waals surface area contributed by atoms with Gasteiger partial charge in [0.05, 0.1) is 24.1 Å². The number of carbonyl (C=O) groups is 3. The van der Waals surface area contributed by atoms with E-state index in [0.29, 0.717) is 27.4 Å². The van der Waals surface area contributed by atoms with Crippen molar-refractivity contribution >= 4 is 40.5 Å². The highest BCUT2D eigenvalue weighted by Crippen LogP contribution is 2.57. The van der Waals surface area contributed by atoms with Crippen LogP contribution in [0.5, 0.6) is 5.75 Å². The molecule has 156 valence electrons. The van der Waals surface area contributed by atoms with Crippen LogP contribution >= 0.6 is 11.3 Å². The molecule has 2 aromatic carbocycles. The number of rotatable bonds is 3. The molecule has 7 nitrogen and oxygen atoms in total. The number of hydrogen-bond donors (Lipinski definition) is 2. The Labute approximate surface area is 181 Å². The summed E-state index contributed by atoms with van der Waals surface area (Å²) >= 11 is 1.05. The molecule has 0 unspecified atom stereocenters. The van der Waals surface area contributed by atoms with Crippen molar-refractivity contribution in [1.82, 2.24) is 0 Å². The smallest absolute Gasteiger partial charge is 0.346 e. The van der Waals surface area contributed by atoms with Gasteiger partial charge in [0.15, 0.2) is 0 Å². The Morgan fingerprint density at radius 2 is 1.87 bits per heavy atom. The number of amides is 2. The molecule has 3 aromatic rings. The minimum absolute atomic E-state index is 0.0676. The Bertz CT molecular complexity index is 1260. The summed E-state index contributed by atoms with van der Waals surface area (Å²) in [5, 5.41) is 12.8. The quantitative estimate of drug-likeness (QED) is 0.655. The van der Waals surface area contributed by atoms with Crippen molar-refractivity contribution in [3.8, 4) is 16.9 Å². The first kappa shape index (κ1) is 19.3. The molecule has 5 rings (SSSR count). The lowest BCUT2D eigenvalue weighted by molar-refractivity contribution is -0.126. The fourth-order valence-electron chi connectivity index (χ4n) is 4.57. The van der Waals surface area contributed by atoms with Crippen molar-refractivity contribution < 1.29 is 24.2 Å². The van der Waals surface area contributed by atoms with Crippen LogP contribution in [0.2, 0.25) is 0 Å². The number of carboxylic acids is 1. The van der Waals surface area contributed by atoms with E-state index >= 15 is 0 Å². The summed E-state index contributed by atoms with van der Waals surface area (Å²) in [6.07, 6.45) is -0.0676. The highest BCUT2D eigenvalue weighted by molar-refractivity contribution is 7.15. The Morgan fingerprint density at radius 1 is 1.16 bits per heavy atom.